The van der Waals surface area contributed by atoms with Gasteiger partial charge in [0.05, 0.1) is 6.42 Å². The monoisotopic (exact) mass is 253 g/mol. The van der Waals surface area contributed by atoms with Crippen molar-refractivity contribution >= 4 is 17.5 Å². The third-order valence-corrected chi connectivity index (χ3v) is 3.08. The first-order valence-electron chi connectivity index (χ1n) is 5.85. The second kappa shape index (κ2) is 6.03. The minimum absolute atomic E-state index is 0.0548. The number of ether oxygens (including phenoxy) is 1. The summed E-state index contributed by atoms with van der Waals surface area (Å²) in [6.45, 7) is 1.48. The maximum absolute atomic E-state index is 11.8. The van der Waals surface area contributed by atoms with E-state index < -0.39 is 0 Å². The lowest BCUT2D eigenvalue weighted by Crippen LogP contribution is -2.39. The summed E-state index contributed by atoms with van der Waals surface area (Å²) >= 11 is 5.87. The van der Waals surface area contributed by atoms with Gasteiger partial charge >= 0.3 is 0 Å². The minimum Gasteiger partial charge on any atom is -0.381 e. The van der Waals surface area contributed by atoms with Crippen LogP contribution in [0.3, 0.4) is 0 Å². The molecule has 1 amide bonds. The van der Waals surface area contributed by atoms with Crippen LogP contribution in [0.4, 0.5) is 0 Å². The predicted molar refractivity (Wildman–Crippen MR) is 67.1 cm³/mol. The van der Waals surface area contributed by atoms with Crippen LogP contribution in [0.2, 0.25) is 5.02 Å². The van der Waals surface area contributed by atoms with Crippen molar-refractivity contribution in [3.63, 3.8) is 0 Å². The summed E-state index contributed by atoms with van der Waals surface area (Å²) in [5.74, 6) is 0.0548. The summed E-state index contributed by atoms with van der Waals surface area (Å²) in [4.78, 5) is 11.8. The Balaban J connectivity index is 1.84. The Kier molecular flexibility index (Phi) is 4.40. The molecule has 0 bridgehead atoms. The van der Waals surface area contributed by atoms with Gasteiger partial charge in [0.1, 0.15) is 0 Å². The first-order chi connectivity index (χ1) is 8.24. The second-order valence-electron chi connectivity index (χ2n) is 4.26. The first-order valence-corrected chi connectivity index (χ1v) is 6.23. The summed E-state index contributed by atoms with van der Waals surface area (Å²) in [6.07, 6.45) is 2.19. The second-order valence-corrected chi connectivity index (χ2v) is 4.70. The van der Waals surface area contributed by atoms with Gasteiger partial charge in [-0.2, -0.15) is 0 Å². The molecule has 0 atom stereocenters. The first kappa shape index (κ1) is 12.4. The van der Waals surface area contributed by atoms with Crippen molar-refractivity contribution in [3.8, 4) is 0 Å². The van der Waals surface area contributed by atoms with Crippen LogP contribution in [0.15, 0.2) is 24.3 Å². The summed E-state index contributed by atoms with van der Waals surface area (Å²) in [6, 6.07) is 7.66. The molecule has 1 fully saturated rings. The molecule has 0 saturated carbocycles. The zero-order valence-electron chi connectivity index (χ0n) is 9.62. The number of nitrogens with one attached hydrogen (secondary N) is 1. The van der Waals surface area contributed by atoms with Gasteiger partial charge in [-0.25, -0.2) is 0 Å². The van der Waals surface area contributed by atoms with E-state index in [1.165, 1.54) is 0 Å². The highest BCUT2D eigenvalue weighted by Crippen LogP contribution is 2.12. The summed E-state index contributed by atoms with van der Waals surface area (Å²) in [5, 5.41) is 3.69. The van der Waals surface area contributed by atoms with Crippen LogP contribution in [0.5, 0.6) is 0 Å². The Labute approximate surface area is 106 Å². The molecule has 0 unspecified atom stereocenters. The molecule has 0 aliphatic carbocycles. The minimum atomic E-state index is 0.0548. The highest BCUT2D eigenvalue weighted by Gasteiger charge is 2.15. The van der Waals surface area contributed by atoms with Gasteiger partial charge in [-0.05, 0) is 30.5 Å². The van der Waals surface area contributed by atoms with Crippen LogP contribution in [0.1, 0.15) is 18.4 Å². The molecule has 1 heterocycles. The number of halogens is 1. The van der Waals surface area contributed by atoms with E-state index in [-0.39, 0.29) is 11.9 Å². The van der Waals surface area contributed by atoms with E-state index in [9.17, 15) is 4.79 Å². The SMILES string of the molecule is O=C(Cc1cccc(Cl)c1)NC1CCOCC1. The number of rotatable bonds is 3. The molecular formula is C13H16ClNO2. The number of amides is 1. The van der Waals surface area contributed by atoms with Crippen molar-refractivity contribution in [1.82, 2.24) is 5.32 Å². The summed E-state index contributed by atoms with van der Waals surface area (Å²) < 4.78 is 5.25. The molecule has 1 saturated heterocycles. The maximum Gasteiger partial charge on any atom is 0.224 e. The van der Waals surface area contributed by atoms with Crippen LogP contribution >= 0.6 is 11.6 Å². The van der Waals surface area contributed by atoms with Crippen LogP contribution in [-0.2, 0) is 16.0 Å². The Morgan fingerprint density at radius 2 is 2.18 bits per heavy atom. The summed E-state index contributed by atoms with van der Waals surface area (Å²) in [7, 11) is 0. The molecule has 3 nitrogen and oxygen atoms in total. The Morgan fingerprint density at radius 3 is 2.88 bits per heavy atom. The smallest absolute Gasteiger partial charge is 0.224 e. The zero-order valence-corrected chi connectivity index (χ0v) is 10.4. The third kappa shape index (κ3) is 4.02. The fourth-order valence-electron chi connectivity index (χ4n) is 1.95. The molecule has 1 N–H and O–H groups in total. The quantitative estimate of drug-likeness (QED) is 0.897. The number of hydrogen-bond donors (Lipinski definition) is 1. The van der Waals surface area contributed by atoms with Crippen molar-refractivity contribution in [2.45, 2.75) is 25.3 Å². The van der Waals surface area contributed by atoms with Gasteiger partial charge in [-0.15, -0.1) is 0 Å². The molecule has 0 radical (unpaired) electrons. The predicted octanol–water partition coefficient (Wildman–Crippen LogP) is 2.18. The normalized spacial score (nSPS) is 16.8. The van der Waals surface area contributed by atoms with Gasteiger partial charge in [0.25, 0.3) is 0 Å². The third-order valence-electron chi connectivity index (χ3n) is 2.84. The van der Waals surface area contributed by atoms with E-state index in [1.54, 1.807) is 6.07 Å². The molecule has 2 rings (SSSR count). The fraction of sp³-hybridized carbons (Fsp3) is 0.462. The molecule has 0 spiro atoms. The van der Waals surface area contributed by atoms with Crippen molar-refractivity contribution < 1.29 is 9.53 Å². The molecule has 1 aliphatic rings. The number of hydrogen-bond acceptors (Lipinski definition) is 2. The van der Waals surface area contributed by atoms with E-state index in [0.29, 0.717) is 11.4 Å². The topological polar surface area (TPSA) is 38.3 Å². The Bertz CT molecular complexity index is 389. The average molecular weight is 254 g/mol. The van der Waals surface area contributed by atoms with E-state index in [2.05, 4.69) is 5.32 Å². The molecule has 17 heavy (non-hydrogen) atoms. The van der Waals surface area contributed by atoms with Crippen LogP contribution in [0.25, 0.3) is 0 Å². The van der Waals surface area contributed by atoms with Crippen LogP contribution < -0.4 is 5.32 Å². The molecule has 1 aliphatic heterocycles. The molecule has 1 aromatic rings. The molecule has 1 aromatic carbocycles. The zero-order chi connectivity index (χ0) is 12.1. The van der Waals surface area contributed by atoms with Crippen molar-refractivity contribution in [2.75, 3.05) is 13.2 Å². The number of carbonyl (C=O) groups is 1. The van der Waals surface area contributed by atoms with Crippen LogP contribution in [0, 0.1) is 0 Å². The largest absolute Gasteiger partial charge is 0.381 e. The highest BCUT2D eigenvalue weighted by molar-refractivity contribution is 6.30. The van der Waals surface area contributed by atoms with Crippen molar-refractivity contribution in [1.29, 1.82) is 0 Å². The standard InChI is InChI=1S/C13H16ClNO2/c14-11-3-1-2-10(8-11)9-13(16)15-12-4-6-17-7-5-12/h1-3,8,12H,4-7,9H2,(H,15,16). The van der Waals surface area contributed by atoms with Crippen molar-refractivity contribution in [2.24, 2.45) is 0 Å². The Hall–Kier alpha value is -1.06. The van der Waals surface area contributed by atoms with Crippen LogP contribution in [-0.4, -0.2) is 25.2 Å². The maximum atomic E-state index is 11.8. The van der Waals surface area contributed by atoms with Gasteiger partial charge in [-0.3, -0.25) is 4.79 Å². The van der Waals surface area contributed by atoms with Gasteiger partial charge in [-0.1, -0.05) is 23.7 Å². The lowest BCUT2D eigenvalue weighted by Gasteiger charge is -2.23. The molecule has 92 valence electrons. The van der Waals surface area contributed by atoms with Gasteiger partial charge in [0.2, 0.25) is 5.91 Å². The van der Waals surface area contributed by atoms with E-state index in [4.69, 9.17) is 16.3 Å². The molecular weight excluding hydrogens is 238 g/mol. The average Bonchev–Trinajstić information content (AvgIpc) is 2.30. The number of carbonyl (C=O) groups excluding carboxylic acids is 1. The van der Waals surface area contributed by atoms with Gasteiger partial charge < -0.3 is 10.1 Å². The number of benzene rings is 1. The van der Waals surface area contributed by atoms with Gasteiger partial charge in [0.15, 0.2) is 0 Å². The fourth-order valence-corrected chi connectivity index (χ4v) is 2.17. The molecule has 4 heteroatoms. The lowest BCUT2D eigenvalue weighted by atomic mass is 10.1. The highest BCUT2D eigenvalue weighted by atomic mass is 35.5. The Morgan fingerprint density at radius 1 is 1.41 bits per heavy atom. The van der Waals surface area contributed by atoms with Gasteiger partial charge in [0, 0.05) is 24.3 Å². The van der Waals surface area contributed by atoms with E-state index in [1.807, 2.05) is 18.2 Å². The summed E-state index contributed by atoms with van der Waals surface area (Å²) in [5.41, 5.74) is 0.946. The lowest BCUT2D eigenvalue weighted by molar-refractivity contribution is -0.121. The molecule has 0 aromatic heterocycles. The van der Waals surface area contributed by atoms with E-state index >= 15 is 0 Å². The van der Waals surface area contributed by atoms with E-state index in [0.717, 1.165) is 31.6 Å². The van der Waals surface area contributed by atoms with Crippen molar-refractivity contribution in [3.05, 3.63) is 34.9 Å².